The third kappa shape index (κ3) is 19.8. The first-order valence-corrected chi connectivity index (χ1v) is 16.3. The smallest absolute Gasteiger partial charge is 0.472 e. The lowest BCUT2D eigenvalue weighted by molar-refractivity contribution is -0.118. The first kappa shape index (κ1) is 34.8. The standard InChI is InChI=1S/C30H54NO6P/c1-4-5-6-7-8-9-10-11-12-13-15-21-35-30-19-17-18-28(25-30)24-29(23-27(2)32)26-37-38(33,34)36-22-16-14-20-31-3/h17-19,25,29,31H,4-16,20-24,26H2,1-3H3,(H,33,34). The number of phosphoric acid groups is 1. The lowest BCUT2D eigenvalue weighted by atomic mass is 9.95. The predicted octanol–water partition coefficient (Wildman–Crippen LogP) is 7.65. The van der Waals surface area contributed by atoms with E-state index in [-0.39, 0.29) is 31.3 Å². The van der Waals surface area contributed by atoms with Gasteiger partial charge in [0.2, 0.25) is 0 Å². The summed E-state index contributed by atoms with van der Waals surface area (Å²) in [7, 11) is -2.29. The maximum absolute atomic E-state index is 12.2. The Bertz CT molecular complexity index is 775. The molecule has 0 aliphatic rings. The van der Waals surface area contributed by atoms with Crippen LogP contribution in [0.2, 0.25) is 0 Å². The number of carbonyl (C=O) groups is 1. The fourth-order valence-electron chi connectivity index (χ4n) is 4.47. The second-order valence-electron chi connectivity index (χ2n) is 10.4. The summed E-state index contributed by atoms with van der Waals surface area (Å²) in [4.78, 5) is 21.8. The van der Waals surface area contributed by atoms with E-state index in [1.807, 2.05) is 31.3 Å². The molecule has 38 heavy (non-hydrogen) atoms. The summed E-state index contributed by atoms with van der Waals surface area (Å²) in [5, 5.41) is 3.02. The number of ether oxygens (including phenoxy) is 1. The van der Waals surface area contributed by atoms with Crippen molar-refractivity contribution in [2.24, 2.45) is 5.92 Å². The van der Waals surface area contributed by atoms with E-state index in [2.05, 4.69) is 12.2 Å². The minimum absolute atomic E-state index is 0.0169. The van der Waals surface area contributed by atoms with E-state index in [0.717, 1.165) is 30.7 Å². The summed E-state index contributed by atoms with van der Waals surface area (Å²) in [5.41, 5.74) is 1.01. The van der Waals surface area contributed by atoms with Crippen LogP contribution < -0.4 is 10.1 Å². The molecule has 1 rings (SSSR count). The topological polar surface area (TPSA) is 94.1 Å². The molecule has 0 fully saturated rings. The summed E-state index contributed by atoms with van der Waals surface area (Å²) in [5.74, 6) is 0.612. The maximum Gasteiger partial charge on any atom is 0.472 e. The fraction of sp³-hybridized carbons (Fsp3) is 0.767. The number of ketones is 1. The molecule has 0 aliphatic heterocycles. The molecule has 7 nitrogen and oxygen atoms in total. The summed E-state index contributed by atoms with van der Waals surface area (Å²) < 4.78 is 28.5. The van der Waals surface area contributed by atoms with Crippen molar-refractivity contribution in [1.82, 2.24) is 5.32 Å². The molecule has 0 spiro atoms. The van der Waals surface area contributed by atoms with Crippen LogP contribution in [0.5, 0.6) is 5.75 Å². The minimum atomic E-state index is -4.15. The van der Waals surface area contributed by atoms with E-state index < -0.39 is 7.82 Å². The van der Waals surface area contributed by atoms with Gasteiger partial charge in [-0.1, -0.05) is 83.3 Å². The number of Topliss-reactive ketones (excluding diaryl/α,β-unsaturated/α-hetero) is 1. The molecular weight excluding hydrogens is 501 g/mol. The van der Waals surface area contributed by atoms with Crippen molar-refractivity contribution < 1.29 is 28.0 Å². The number of phosphoric ester groups is 1. The van der Waals surface area contributed by atoms with Crippen LogP contribution in [0.1, 0.15) is 109 Å². The molecule has 0 amide bonds. The highest BCUT2D eigenvalue weighted by Crippen LogP contribution is 2.44. The van der Waals surface area contributed by atoms with Gasteiger partial charge in [0.15, 0.2) is 0 Å². The van der Waals surface area contributed by atoms with E-state index in [0.29, 0.717) is 19.4 Å². The van der Waals surface area contributed by atoms with Crippen LogP contribution in [0.3, 0.4) is 0 Å². The van der Waals surface area contributed by atoms with Crippen LogP contribution in [0.25, 0.3) is 0 Å². The molecule has 0 bridgehead atoms. The summed E-state index contributed by atoms with van der Waals surface area (Å²) in [6, 6.07) is 7.87. The van der Waals surface area contributed by atoms with Crippen molar-refractivity contribution in [2.45, 2.75) is 110 Å². The third-order valence-corrected chi connectivity index (χ3v) is 7.55. The normalized spacial score (nSPS) is 13.8. The van der Waals surface area contributed by atoms with Crippen LogP contribution >= 0.6 is 7.82 Å². The average Bonchev–Trinajstić information content (AvgIpc) is 2.88. The summed E-state index contributed by atoms with van der Waals surface area (Å²) in [6.45, 7) is 5.44. The van der Waals surface area contributed by atoms with Crippen molar-refractivity contribution in [3.63, 3.8) is 0 Å². The molecule has 0 aliphatic carbocycles. The fourth-order valence-corrected chi connectivity index (χ4v) is 5.30. The number of benzene rings is 1. The second-order valence-corrected chi connectivity index (χ2v) is 11.9. The molecule has 0 saturated carbocycles. The Kier molecular flexibility index (Phi) is 20.7. The zero-order valence-corrected chi connectivity index (χ0v) is 25.2. The van der Waals surface area contributed by atoms with Gasteiger partial charge in [0.1, 0.15) is 11.5 Å². The molecule has 0 aromatic heterocycles. The first-order chi connectivity index (χ1) is 18.4. The van der Waals surface area contributed by atoms with E-state index in [1.54, 1.807) is 0 Å². The molecule has 0 heterocycles. The maximum atomic E-state index is 12.2. The zero-order chi connectivity index (χ0) is 27.9. The van der Waals surface area contributed by atoms with Crippen LogP contribution in [0.15, 0.2) is 24.3 Å². The molecule has 2 atom stereocenters. The van der Waals surface area contributed by atoms with Crippen molar-refractivity contribution >= 4 is 13.6 Å². The monoisotopic (exact) mass is 555 g/mol. The zero-order valence-electron chi connectivity index (χ0n) is 24.3. The van der Waals surface area contributed by atoms with Crippen LogP contribution in [-0.4, -0.2) is 44.1 Å². The van der Waals surface area contributed by atoms with Gasteiger partial charge < -0.3 is 19.7 Å². The van der Waals surface area contributed by atoms with Crippen LogP contribution in [0.4, 0.5) is 0 Å². The summed E-state index contributed by atoms with van der Waals surface area (Å²) in [6.07, 6.45) is 16.7. The third-order valence-electron chi connectivity index (χ3n) is 6.56. The number of hydrogen-bond acceptors (Lipinski definition) is 6. The minimum Gasteiger partial charge on any atom is -0.494 e. The van der Waals surface area contributed by atoms with E-state index >= 15 is 0 Å². The van der Waals surface area contributed by atoms with E-state index in [4.69, 9.17) is 13.8 Å². The van der Waals surface area contributed by atoms with Gasteiger partial charge in [0.05, 0.1) is 19.8 Å². The highest BCUT2D eigenvalue weighted by molar-refractivity contribution is 7.47. The van der Waals surface area contributed by atoms with E-state index in [9.17, 15) is 14.3 Å². The van der Waals surface area contributed by atoms with Crippen molar-refractivity contribution in [2.75, 3.05) is 33.4 Å². The molecule has 8 heteroatoms. The number of carbonyl (C=O) groups excluding carboxylic acids is 1. The Balaban J connectivity index is 2.34. The Hall–Kier alpha value is -1.24. The molecule has 220 valence electrons. The van der Waals surface area contributed by atoms with Gasteiger partial charge in [0, 0.05) is 6.42 Å². The average molecular weight is 556 g/mol. The first-order valence-electron chi connectivity index (χ1n) is 14.8. The number of unbranched alkanes of at least 4 members (excludes halogenated alkanes) is 11. The van der Waals surface area contributed by atoms with Gasteiger partial charge in [-0.05, 0) is 69.8 Å². The van der Waals surface area contributed by atoms with Gasteiger partial charge in [-0.2, -0.15) is 0 Å². The summed E-state index contributed by atoms with van der Waals surface area (Å²) >= 11 is 0. The molecule has 1 aromatic carbocycles. The Morgan fingerprint density at radius 1 is 0.921 bits per heavy atom. The Morgan fingerprint density at radius 2 is 1.55 bits per heavy atom. The van der Waals surface area contributed by atoms with Crippen LogP contribution in [0, 0.1) is 5.92 Å². The highest BCUT2D eigenvalue weighted by atomic mass is 31.2. The molecular formula is C30H54NO6P. The number of nitrogens with one attached hydrogen (secondary N) is 1. The number of hydrogen-bond donors (Lipinski definition) is 2. The van der Waals surface area contributed by atoms with Crippen LogP contribution in [-0.2, 0) is 24.8 Å². The van der Waals surface area contributed by atoms with Gasteiger partial charge in [0.25, 0.3) is 0 Å². The van der Waals surface area contributed by atoms with Gasteiger partial charge in [-0.25, -0.2) is 4.57 Å². The number of rotatable bonds is 26. The molecule has 2 N–H and O–H groups in total. The van der Waals surface area contributed by atoms with Crippen molar-refractivity contribution in [3.8, 4) is 5.75 Å². The highest BCUT2D eigenvalue weighted by Gasteiger charge is 2.24. The largest absolute Gasteiger partial charge is 0.494 e. The van der Waals surface area contributed by atoms with Gasteiger partial charge in [-0.3, -0.25) is 9.05 Å². The van der Waals surface area contributed by atoms with Gasteiger partial charge >= 0.3 is 7.82 Å². The van der Waals surface area contributed by atoms with Crippen molar-refractivity contribution in [3.05, 3.63) is 29.8 Å². The molecule has 0 radical (unpaired) electrons. The van der Waals surface area contributed by atoms with Gasteiger partial charge in [-0.15, -0.1) is 0 Å². The molecule has 2 unspecified atom stereocenters. The molecule has 1 aromatic rings. The van der Waals surface area contributed by atoms with Crippen molar-refractivity contribution in [1.29, 1.82) is 0 Å². The lowest BCUT2D eigenvalue weighted by Crippen LogP contribution is -2.16. The SMILES string of the molecule is CCCCCCCCCCCCCOc1cccc(CC(COP(=O)(O)OCCCCNC)CC(C)=O)c1. The quantitative estimate of drug-likeness (QED) is 0.0896. The Morgan fingerprint density at radius 3 is 2.18 bits per heavy atom. The Labute approximate surface area is 232 Å². The van der Waals surface area contributed by atoms with E-state index in [1.165, 1.54) is 71.1 Å². The molecule has 0 saturated heterocycles. The second kappa shape index (κ2) is 22.6. The predicted molar refractivity (Wildman–Crippen MR) is 156 cm³/mol. The lowest BCUT2D eigenvalue weighted by Gasteiger charge is -2.19.